The Labute approximate surface area is 154 Å². The second-order valence-corrected chi connectivity index (χ2v) is 7.89. The Kier molecular flexibility index (Phi) is 4.65. The maximum atomic E-state index is 12.9. The fourth-order valence-corrected chi connectivity index (χ4v) is 4.08. The third kappa shape index (κ3) is 3.26. The molecule has 0 fully saturated rings. The first-order chi connectivity index (χ1) is 12.2. The monoisotopic (exact) mass is 354 g/mol. The van der Waals surface area contributed by atoms with Gasteiger partial charge in [0.2, 0.25) is 0 Å². The zero-order valence-electron chi connectivity index (χ0n) is 15.8. The summed E-state index contributed by atoms with van der Waals surface area (Å²) in [6, 6.07) is 8.01. The van der Waals surface area contributed by atoms with Gasteiger partial charge in [-0.05, 0) is 36.0 Å². The largest absolute Gasteiger partial charge is 0.480 e. The molecule has 0 spiro atoms. The number of aromatic nitrogens is 1. The van der Waals surface area contributed by atoms with Crippen LogP contribution < -0.4 is 5.32 Å². The van der Waals surface area contributed by atoms with E-state index in [4.69, 9.17) is 0 Å². The van der Waals surface area contributed by atoms with Gasteiger partial charge in [0.05, 0.1) is 0 Å². The minimum atomic E-state index is -0.885. The first-order valence-corrected chi connectivity index (χ1v) is 8.95. The molecule has 1 aromatic heterocycles. The van der Waals surface area contributed by atoms with E-state index in [0.717, 1.165) is 40.2 Å². The summed E-state index contributed by atoms with van der Waals surface area (Å²) in [5.74, 6) is -0.760. The van der Waals surface area contributed by atoms with Gasteiger partial charge in [0.15, 0.2) is 5.78 Å². The van der Waals surface area contributed by atoms with E-state index in [9.17, 15) is 14.7 Å². The highest BCUT2D eigenvalue weighted by Crippen LogP contribution is 2.39. The number of carboxylic acids is 1. The number of Topliss-reactive ketones (excluding diaryl/α,β-unsaturated/α-hetero) is 1. The quantitative estimate of drug-likeness (QED) is 0.859. The third-order valence-electron chi connectivity index (χ3n) is 5.27. The molecule has 138 valence electrons. The van der Waals surface area contributed by atoms with Crippen LogP contribution in [0.4, 0.5) is 5.69 Å². The van der Waals surface area contributed by atoms with Crippen molar-refractivity contribution < 1.29 is 14.7 Å². The van der Waals surface area contributed by atoms with E-state index in [0.29, 0.717) is 12.8 Å². The van der Waals surface area contributed by atoms with Crippen molar-refractivity contribution in [2.75, 3.05) is 12.4 Å². The molecule has 0 amide bonds. The molecule has 5 heteroatoms. The van der Waals surface area contributed by atoms with Crippen molar-refractivity contribution in [2.45, 2.75) is 46.6 Å². The average molecular weight is 354 g/mol. The van der Waals surface area contributed by atoms with Gasteiger partial charge in [0.1, 0.15) is 6.54 Å². The van der Waals surface area contributed by atoms with Crippen molar-refractivity contribution in [2.24, 2.45) is 5.41 Å². The Morgan fingerprint density at radius 3 is 2.62 bits per heavy atom. The number of carboxylic acid groups (broad SMARTS) is 1. The van der Waals surface area contributed by atoms with Crippen molar-refractivity contribution in [3.05, 3.63) is 52.3 Å². The first-order valence-electron chi connectivity index (χ1n) is 8.95. The number of fused-ring (bicyclic) bond motifs is 1. The summed E-state index contributed by atoms with van der Waals surface area (Å²) in [6.45, 7) is 5.96. The third-order valence-corrected chi connectivity index (χ3v) is 5.27. The van der Waals surface area contributed by atoms with E-state index in [-0.39, 0.29) is 17.7 Å². The van der Waals surface area contributed by atoms with Gasteiger partial charge < -0.3 is 15.0 Å². The smallest absolute Gasteiger partial charge is 0.323 e. The highest BCUT2D eigenvalue weighted by molar-refractivity contribution is 6.01. The molecule has 26 heavy (non-hydrogen) atoms. The lowest BCUT2D eigenvalue weighted by Gasteiger charge is -2.30. The Morgan fingerprint density at radius 2 is 1.96 bits per heavy atom. The lowest BCUT2D eigenvalue weighted by atomic mass is 9.75. The van der Waals surface area contributed by atoms with Crippen molar-refractivity contribution in [1.29, 1.82) is 0 Å². The van der Waals surface area contributed by atoms with Crippen LogP contribution in [-0.4, -0.2) is 28.5 Å². The summed E-state index contributed by atoms with van der Waals surface area (Å²) >= 11 is 0. The number of hydrogen-bond acceptors (Lipinski definition) is 3. The predicted octanol–water partition coefficient (Wildman–Crippen LogP) is 3.67. The number of para-hydroxylation sites is 1. The first kappa shape index (κ1) is 18.2. The summed E-state index contributed by atoms with van der Waals surface area (Å²) in [4.78, 5) is 24.3. The van der Waals surface area contributed by atoms with Gasteiger partial charge in [0.25, 0.3) is 0 Å². The summed E-state index contributed by atoms with van der Waals surface area (Å²) in [5, 5.41) is 12.5. The van der Waals surface area contributed by atoms with Crippen LogP contribution in [0, 0.1) is 12.3 Å². The van der Waals surface area contributed by atoms with E-state index >= 15 is 0 Å². The van der Waals surface area contributed by atoms with Gasteiger partial charge >= 0.3 is 5.97 Å². The van der Waals surface area contributed by atoms with Gasteiger partial charge in [0, 0.05) is 42.5 Å². The number of carbonyl (C=O) groups excluding carboxylic acids is 1. The molecular weight excluding hydrogens is 328 g/mol. The summed E-state index contributed by atoms with van der Waals surface area (Å²) < 4.78 is 1.83. The van der Waals surface area contributed by atoms with Crippen molar-refractivity contribution in [1.82, 2.24) is 4.57 Å². The molecule has 1 heterocycles. The topological polar surface area (TPSA) is 71.3 Å². The molecule has 2 aromatic rings. The van der Waals surface area contributed by atoms with E-state index in [1.807, 2.05) is 42.8 Å². The van der Waals surface area contributed by atoms with Crippen molar-refractivity contribution >= 4 is 17.4 Å². The number of ketones is 1. The molecule has 0 radical (unpaired) electrons. The van der Waals surface area contributed by atoms with Crippen LogP contribution in [0.15, 0.2) is 24.3 Å². The average Bonchev–Trinajstić information content (AvgIpc) is 2.79. The lowest BCUT2D eigenvalue weighted by molar-refractivity contribution is -0.137. The SMILES string of the molecule is CNc1ccccc1Cc1c2c(n(CC(=O)O)c1C)CC(C)(C)CC2=O. The van der Waals surface area contributed by atoms with Crippen molar-refractivity contribution in [3.63, 3.8) is 0 Å². The van der Waals surface area contributed by atoms with Gasteiger partial charge in [-0.3, -0.25) is 9.59 Å². The fourth-order valence-electron chi connectivity index (χ4n) is 4.08. The summed E-state index contributed by atoms with van der Waals surface area (Å²) in [6.07, 6.45) is 1.83. The van der Waals surface area contributed by atoms with Gasteiger partial charge in [-0.1, -0.05) is 32.0 Å². The number of aliphatic carboxylic acids is 1. The van der Waals surface area contributed by atoms with Crippen LogP contribution in [0.3, 0.4) is 0 Å². The molecule has 1 aromatic carbocycles. The number of nitrogens with zero attached hydrogens (tertiary/aromatic N) is 1. The second kappa shape index (κ2) is 6.63. The predicted molar refractivity (Wildman–Crippen MR) is 102 cm³/mol. The van der Waals surface area contributed by atoms with Crippen LogP contribution in [0.2, 0.25) is 0 Å². The maximum absolute atomic E-state index is 12.9. The molecule has 2 N–H and O–H groups in total. The lowest BCUT2D eigenvalue weighted by Crippen LogP contribution is -2.29. The summed E-state index contributed by atoms with van der Waals surface area (Å²) in [5.41, 5.74) is 5.45. The molecule has 0 unspecified atom stereocenters. The molecule has 3 rings (SSSR count). The fraction of sp³-hybridized carbons (Fsp3) is 0.429. The van der Waals surface area contributed by atoms with Crippen molar-refractivity contribution in [3.8, 4) is 0 Å². The van der Waals surface area contributed by atoms with Gasteiger partial charge in [-0.15, -0.1) is 0 Å². The molecule has 0 saturated heterocycles. The Bertz CT molecular complexity index is 878. The van der Waals surface area contributed by atoms with E-state index in [2.05, 4.69) is 19.2 Å². The molecular formula is C21H26N2O3. The van der Waals surface area contributed by atoms with Gasteiger partial charge in [-0.2, -0.15) is 0 Å². The van der Waals surface area contributed by atoms with Crippen LogP contribution in [0.1, 0.15) is 53.1 Å². The summed E-state index contributed by atoms with van der Waals surface area (Å²) in [7, 11) is 1.88. The molecule has 1 aliphatic rings. The number of rotatable bonds is 5. The highest BCUT2D eigenvalue weighted by atomic mass is 16.4. The Morgan fingerprint density at radius 1 is 1.27 bits per heavy atom. The van der Waals surface area contributed by atoms with E-state index in [1.165, 1.54) is 0 Å². The molecule has 0 aliphatic heterocycles. The zero-order chi connectivity index (χ0) is 19.1. The van der Waals surface area contributed by atoms with Crippen LogP contribution in [0.25, 0.3) is 0 Å². The Hall–Kier alpha value is -2.56. The normalized spacial score (nSPS) is 15.6. The van der Waals surface area contributed by atoms with Crippen LogP contribution >= 0.6 is 0 Å². The highest BCUT2D eigenvalue weighted by Gasteiger charge is 2.37. The van der Waals surface area contributed by atoms with Crippen LogP contribution in [-0.2, 0) is 24.2 Å². The second-order valence-electron chi connectivity index (χ2n) is 7.89. The number of hydrogen-bond donors (Lipinski definition) is 2. The molecule has 0 atom stereocenters. The number of benzene rings is 1. The molecule has 1 aliphatic carbocycles. The minimum Gasteiger partial charge on any atom is -0.480 e. The maximum Gasteiger partial charge on any atom is 0.323 e. The minimum absolute atomic E-state index is 0.106. The zero-order valence-corrected chi connectivity index (χ0v) is 15.8. The standard InChI is InChI=1S/C21H26N2O3/c1-13-15(9-14-7-5-6-8-16(14)22-4)20-17(23(13)12-19(25)26)10-21(2,3)11-18(20)24/h5-8,22H,9-12H2,1-4H3,(H,25,26). The molecule has 5 nitrogen and oxygen atoms in total. The van der Waals surface area contributed by atoms with Gasteiger partial charge in [-0.25, -0.2) is 0 Å². The van der Waals surface area contributed by atoms with E-state index in [1.54, 1.807) is 0 Å². The molecule has 0 bridgehead atoms. The van der Waals surface area contributed by atoms with Crippen LogP contribution in [0.5, 0.6) is 0 Å². The number of nitrogens with one attached hydrogen (secondary N) is 1. The number of anilines is 1. The Balaban J connectivity index is 2.15. The number of carbonyl (C=O) groups is 2. The van der Waals surface area contributed by atoms with E-state index < -0.39 is 5.97 Å². The molecule has 0 saturated carbocycles.